The second kappa shape index (κ2) is 4.47. The summed E-state index contributed by atoms with van der Waals surface area (Å²) in [5.74, 6) is 0. The summed E-state index contributed by atoms with van der Waals surface area (Å²) in [7, 11) is 0. The highest BCUT2D eigenvalue weighted by molar-refractivity contribution is 5.54. The minimum Gasteiger partial charge on any atom is -0.396 e. The molecule has 2 nitrogen and oxygen atoms in total. The van der Waals surface area contributed by atoms with E-state index in [1.807, 2.05) is 0 Å². The fraction of sp³-hybridized carbons (Fsp3) is 0.500. The van der Waals surface area contributed by atoms with E-state index in [0.29, 0.717) is 0 Å². The lowest BCUT2D eigenvalue weighted by atomic mass is 9.99. The fourth-order valence-corrected chi connectivity index (χ4v) is 1.97. The van der Waals surface area contributed by atoms with Crippen LogP contribution < -0.4 is 5.32 Å². The third-order valence-electron chi connectivity index (χ3n) is 2.73. The Bertz CT molecular complexity index is 309. The Morgan fingerprint density at radius 3 is 3.14 bits per heavy atom. The smallest absolute Gasteiger partial charge is 0.0434 e. The number of nitrogens with one attached hydrogen (secondary N) is 1. The van der Waals surface area contributed by atoms with Crippen molar-refractivity contribution in [3.05, 3.63) is 29.3 Å². The number of anilines is 1. The first-order chi connectivity index (χ1) is 6.90. The molecular weight excluding hydrogens is 174 g/mol. The van der Waals surface area contributed by atoms with Crippen molar-refractivity contribution in [3.63, 3.8) is 0 Å². The van der Waals surface area contributed by atoms with Crippen molar-refractivity contribution in [2.24, 2.45) is 0 Å². The van der Waals surface area contributed by atoms with E-state index >= 15 is 0 Å². The molecule has 14 heavy (non-hydrogen) atoms. The minimum absolute atomic E-state index is 0.287. The van der Waals surface area contributed by atoms with Crippen LogP contribution in [0.2, 0.25) is 0 Å². The molecule has 76 valence electrons. The molecule has 0 atom stereocenters. The van der Waals surface area contributed by atoms with Gasteiger partial charge in [-0.25, -0.2) is 0 Å². The molecule has 0 bridgehead atoms. The van der Waals surface area contributed by atoms with Crippen LogP contribution in [-0.4, -0.2) is 18.3 Å². The fourth-order valence-electron chi connectivity index (χ4n) is 1.97. The summed E-state index contributed by atoms with van der Waals surface area (Å²) >= 11 is 0. The van der Waals surface area contributed by atoms with Gasteiger partial charge in [0, 0.05) is 18.8 Å². The Morgan fingerprint density at radius 1 is 1.36 bits per heavy atom. The molecule has 0 spiro atoms. The standard InChI is InChI=1S/C12H17NO/c14-8-2-3-10-5-6-12-11(9-10)4-1-7-13-12/h5-6,9,13-14H,1-4,7-8H2. The molecule has 1 aromatic rings. The average molecular weight is 191 g/mol. The number of hydrogen-bond donors (Lipinski definition) is 2. The van der Waals surface area contributed by atoms with Crippen molar-refractivity contribution in [1.29, 1.82) is 0 Å². The lowest BCUT2D eigenvalue weighted by Gasteiger charge is -2.18. The highest BCUT2D eigenvalue weighted by Crippen LogP contribution is 2.23. The number of aryl methyl sites for hydroxylation is 2. The molecule has 0 saturated heterocycles. The van der Waals surface area contributed by atoms with Gasteiger partial charge in [0.25, 0.3) is 0 Å². The van der Waals surface area contributed by atoms with Crippen LogP contribution in [0, 0.1) is 0 Å². The van der Waals surface area contributed by atoms with E-state index in [0.717, 1.165) is 19.4 Å². The summed E-state index contributed by atoms with van der Waals surface area (Å²) in [6.45, 7) is 1.39. The molecule has 1 heterocycles. The molecule has 2 heteroatoms. The topological polar surface area (TPSA) is 32.3 Å². The first kappa shape index (κ1) is 9.53. The number of rotatable bonds is 3. The predicted octanol–water partition coefficient (Wildman–Crippen LogP) is 1.97. The Morgan fingerprint density at radius 2 is 2.29 bits per heavy atom. The van der Waals surface area contributed by atoms with E-state index < -0.39 is 0 Å². The molecule has 0 fully saturated rings. The Hall–Kier alpha value is -1.02. The van der Waals surface area contributed by atoms with Crippen LogP contribution in [0.25, 0.3) is 0 Å². The summed E-state index contributed by atoms with van der Waals surface area (Å²) in [6.07, 6.45) is 4.28. The molecule has 0 radical (unpaired) electrons. The van der Waals surface area contributed by atoms with Crippen LogP contribution in [0.3, 0.4) is 0 Å². The average Bonchev–Trinajstić information content (AvgIpc) is 2.26. The van der Waals surface area contributed by atoms with Gasteiger partial charge < -0.3 is 10.4 Å². The molecule has 0 aromatic heterocycles. The zero-order valence-corrected chi connectivity index (χ0v) is 8.42. The molecule has 0 saturated carbocycles. The van der Waals surface area contributed by atoms with Crippen molar-refractivity contribution in [2.45, 2.75) is 25.7 Å². The highest BCUT2D eigenvalue weighted by Gasteiger charge is 2.08. The second-order valence-electron chi connectivity index (χ2n) is 3.85. The van der Waals surface area contributed by atoms with Crippen molar-refractivity contribution >= 4 is 5.69 Å². The Kier molecular flexibility index (Phi) is 3.04. The third-order valence-corrected chi connectivity index (χ3v) is 2.73. The van der Waals surface area contributed by atoms with Gasteiger partial charge >= 0.3 is 0 Å². The molecule has 1 aliphatic heterocycles. The minimum atomic E-state index is 0.287. The quantitative estimate of drug-likeness (QED) is 0.765. The van der Waals surface area contributed by atoms with Crippen molar-refractivity contribution in [1.82, 2.24) is 0 Å². The van der Waals surface area contributed by atoms with Crippen LogP contribution >= 0.6 is 0 Å². The maximum Gasteiger partial charge on any atom is 0.0434 e. The monoisotopic (exact) mass is 191 g/mol. The van der Waals surface area contributed by atoms with E-state index in [4.69, 9.17) is 5.11 Å². The number of aliphatic hydroxyl groups is 1. The van der Waals surface area contributed by atoms with Crippen molar-refractivity contribution in [2.75, 3.05) is 18.5 Å². The largest absolute Gasteiger partial charge is 0.396 e. The van der Waals surface area contributed by atoms with Gasteiger partial charge in [0.15, 0.2) is 0 Å². The first-order valence-corrected chi connectivity index (χ1v) is 5.36. The zero-order chi connectivity index (χ0) is 9.80. The summed E-state index contributed by atoms with van der Waals surface area (Å²) in [6, 6.07) is 6.60. The predicted molar refractivity (Wildman–Crippen MR) is 58.7 cm³/mol. The molecule has 2 N–H and O–H groups in total. The van der Waals surface area contributed by atoms with Gasteiger partial charge in [0.05, 0.1) is 0 Å². The first-order valence-electron chi connectivity index (χ1n) is 5.36. The SMILES string of the molecule is OCCCc1ccc2c(c1)CCCN2. The van der Waals surface area contributed by atoms with E-state index in [-0.39, 0.29) is 6.61 Å². The number of aliphatic hydroxyl groups excluding tert-OH is 1. The van der Waals surface area contributed by atoms with Gasteiger partial charge in [-0.15, -0.1) is 0 Å². The molecular formula is C12H17NO. The number of fused-ring (bicyclic) bond motifs is 1. The van der Waals surface area contributed by atoms with E-state index in [9.17, 15) is 0 Å². The molecule has 1 aliphatic rings. The van der Waals surface area contributed by atoms with Crippen LogP contribution in [0.1, 0.15) is 24.0 Å². The highest BCUT2D eigenvalue weighted by atomic mass is 16.2. The Balaban J connectivity index is 2.12. The molecule has 1 aromatic carbocycles. The number of benzene rings is 1. The van der Waals surface area contributed by atoms with Gasteiger partial charge in [0.1, 0.15) is 0 Å². The van der Waals surface area contributed by atoms with Crippen LogP contribution in [-0.2, 0) is 12.8 Å². The zero-order valence-electron chi connectivity index (χ0n) is 8.42. The van der Waals surface area contributed by atoms with Gasteiger partial charge in [-0.1, -0.05) is 12.1 Å². The maximum absolute atomic E-state index is 8.75. The molecule has 0 unspecified atom stereocenters. The third kappa shape index (κ3) is 2.07. The molecule has 0 amide bonds. The summed E-state index contributed by atoms with van der Waals surface area (Å²) in [4.78, 5) is 0. The lowest BCUT2D eigenvalue weighted by Crippen LogP contribution is -2.11. The Labute approximate surface area is 85.0 Å². The van der Waals surface area contributed by atoms with Gasteiger partial charge in [-0.05, 0) is 42.9 Å². The second-order valence-corrected chi connectivity index (χ2v) is 3.85. The van der Waals surface area contributed by atoms with Gasteiger partial charge in [-0.3, -0.25) is 0 Å². The summed E-state index contributed by atoms with van der Waals surface area (Å²) < 4.78 is 0. The lowest BCUT2D eigenvalue weighted by molar-refractivity contribution is 0.288. The summed E-state index contributed by atoms with van der Waals surface area (Å²) in [5.41, 5.74) is 4.08. The van der Waals surface area contributed by atoms with E-state index in [1.54, 1.807) is 0 Å². The van der Waals surface area contributed by atoms with Gasteiger partial charge in [0.2, 0.25) is 0 Å². The molecule has 2 rings (SSSR count). The summed E-state index contributed by atoms with van der Waals surface area (Å²) in [5, 5.41) is 12.2. The normalized spacial score (nSPS) is 14.6. The van der Waals surface area contributed by atoms with Crippen LogP contribution in [0.15, 0.2) is 18.2 Å². The van der Waals surface area contributed by atoms with E-state index in [1.165, 1.54) is 29.7 Å². The maximum atomic E-state index is 8.75. The van der Waals surface area contributed by atoms with Crippen LogP contribution in [0.4, 0.5) is 5.69 Å². The van der Waals surface area contributed by atoms with Crippen molar-refractivity contribution in [3.8, 4) is 0 Å². The van der Waals surface area contributed by atoms with Gasteiger partial charge in [-0.2, -0.15) is 0 Å². The number of hydrogen-bond acceptors (Lipinski definition) is 2. The van der Waals surface area contributed by atoms with Crippen molar-refractivity contribution < 1.29 is 5.11 Å². The van der Waals surface area contributed by atoms with Crippen LogP contribution in [0.5, 0.6) is 0 Å². The van der Waals surface area contributed by atoms with E-state index in [2.05, 4.69) is 23.5 Å². The molecule has 0 aliphatic carbocycles.